The monoisotopic (exact) mass is 362 g/mol. The van der Waals surface area contributed by atoms with E-state index in [1.807, 2.05) is 13.8 Å². The van der Waals surface area contributed by atoms with Crippen LogP contribution in [0.15, 0.2) is 47.4 Å². The summed E-state index contributed by atoms with van der Waals surface area (Å²) < 4.78 is 40.8. The van der Waals surface area contributed by atoms with Gasteiger partial charge in [0.15, 0.2) is 0 Å². The van der Waals surface area contributed by atoms with Crippen LogP contribution in [0.1, 0.15) is 20.3 Å². The lowest BCUT2D eigenvalue weighted by atomic mass is 10.0. The quantitative estimate of drug-likeness (QED) is 0.909. The fraction of sp³-hybridized carbons (Fsp3) is 0.278. The molecule has 3 rings (SSSR count). The van der Waals surface area contributed by atoms with Gasteiger partial charge in [0.2, 0.25) is 5.91 Å². The Kier molecular flexibility index (Phi) is 4.51. The number of benzene rings is 2. The first-order valence-corrected chi connectivity index (χ1v) is 9.49. The second kappa shape index (κ2) is 6.48. The Morgan fingerprint density at radius 2 is 1.92 bits per heavy atom. The standard InChI is InChI=1S/C18H19FN2O3S/c1-3-12(2)20-18(22)11-21-16-9-8-13(19)10-15(16)14-6-4-5-7-17(14)25(21,23)24/h4-10,12H,3,11H2,1-2H3,(H,20,22). The second-order valence-electron chi connectivity index (χ2n) is 6.05. The minimum atomic E-state index is -3.90. The molecule has 1 aliphatic rings. The van der Waals surface area contributed by atoms with E-state index < -0.39 is 21.7 Å². The van der Waals surface area contributed by atoms with Crippen molar-refractivity contribution in [3.63, 3.8) is 0 Å². The van der Waals surface area contributed by atoms with Gasteiger partial charge in [-0.15, -0.1) is 0 Å². The number of nitrogens with one attached hydrogen (secondary N) is 1. The molecule has 1 heterocycles. The molecular formula is C18H19FN2O3S. The maximum atomic E-state index is 13.7. The molecule has 7 heteroatoms. The number of carbonyl (C=O) groups is 1. The summed E-state index contributed by atoms with van der Waals surface area (Å²) in [5, 5.41) is 2.76. The lowest BCUT2D eigenvalue weighted by Crippen LogP contribution is -2.44. The normalized spacial score (nSPS) is 15.9. The fourth-order valence-corrected chi connectivity index (χ4v) is 4.48. The Hall–Kier alpha value is -2.41. The van der Waals surface area contributed by atoms with Gasteiger partial charge in [0.05, 0.1) is 10.6 Å². The average Bonchev–Trinajstić information content (AvgIpc) is 2.59. The van der Waals surface area contributed by atoms with Crippen LogP contribution >= 0.6 is 0 Å². The van der Waals surface area contributed by atoms with E-state index in [0.29, 0.717) is 16.8 Å². The Labute approximate surface area is 146 Å². The van der Waals surface area contributed by atoms with Crippen LogP contribution in [-0.4, -0.2) is 26.9 Å². The molecule has 5 nitrogen and oxygen atoms in total. The van der Waals surface area contributed by atoms with E-state index in [1.54, 1.807) is 18.2 Å². The van der Waals surface area contributed by atoms with Crippen molar-refractivity contribution in [3.8, 4) is 11.1 Å². The predicted octanol–water partition coefficient (Wildman–Crippen LogP) is 2.92. The minimum Gasteiger partial charge on any atom is -0.352 e. The highest BCUT2D eigenvalue weighted by atomic mass is 32.2. The van der Waals surface area contributed by atoms with Crippen LogP contribution in [0.3, 0.4) is 0 Å². The average molecular weight is 362 g/mol. The molecule has 1 unspecified atom stereocenters. The first-order valence-electron chi connectivity index (χ1n) is 8.05. The van der Waals surface area contributed by atoms with Gasteiger partial charge in [0, 0.05) is 17.2 Å². The van der Waals surface area contributed by atoms with Gasteiger partial charge in [-0.1, -0.05) is 25.1 Å². The number of hydrogen-bond donors (Lipinski definition) is 1. The molecule has 0 bridgehead atoms. The first kappa shape index (κ1) is 17.4. The second-order valence-corrected chi connectivity index (χ2v) is 7.88. The molecule has 0 aliphatic carbocycles. The first-order chi connectivity index (χ1) is 11.8. The van der Waals surface area contributed by atoms with Gasteiger partial charge in [0.25, 0.3) is 10.0 Å². The summed E-state index contributed by atoms with van der Waals surface area (Å²) in [6.07, 6.45) is 0.739. The third kappa shape index (κ3) is 3.11. The van der Waals surface area contributed by atoms with Gasteiger partial charge in [-0.2, -0.15) is 0 Å². The van der Waals surface area contributed by atoms with E-state index in [1.165, 1.54) is 24.3 Å². The number of sulfonamides is 1. The SMILES string of the molecule is CCC(C)NC(=O)CN1c2ccc(F)cc2-c2ccccc2S1(=O)=O. The van der Waals surface area contributed by atoms with Crippen LogP contribution in [0.5, 0.6) is 0 Å². The Morgan fingerprint density at radius 3 is 2.64 bits per heavy atom. The maximum absolute atomic E-state index is 13.7. The fourth-order valence-electron chi connectivity index (χ4n) is 2.83. The Morgan fingerprint density at radius 1 is 1.20 bits per heavy atom. The predicted molar refractivity (Wildman–Crippen MR) is 94.3 cm³/mol. The molecular weight excluding hydrogens is 343 g/mol. The van der Waals surface area contributed by atoms with E-state index >= 15 is 0 Å². The molecule has 0 fully saturated rings. The molecule has 0 saturated heterocycles. The number of hydrogen-bond acceptors (Lipinski definition) is 3. The van der Waals surface area contributed by atoms with Crippen molar-refractivity contribution < 1.29 is 17.6 Å². The maximum Gasteiger partial charge on any atom is 0.265 e. The molecule has 0 saturated carbocycles. The summed E-state index contributed by atoms with van der Waals surface area (Å²) in [5.41, 5.74) is 1.21. The number of carbonyl (C=O) groups excluding carboxylic acids is 1. The molecule has 0 spiro atoms. The smallest absolute Gasteiger partial charge is 0.265 e. The highest BCUT2D eigenvalue weighted by Crippen LogP contribution is 2.42. The summed E-state index contributed by atoms with van der Waals surface area (Å²) in [7, 11) is -3.90. The van der Waals surface area contributed by atoms with Crippen molar-refractivity contribution in [2.45, 2.75) is 31.2 Å². The van der Waals surface area contributed by atoms with E-state index in [-0.39, 0.29) is 17.5 Å². The topological polar surface area (TPSA) is 66.5 Å². The van der Waals surface area contributed by atoms with Crippen molar-refractivity contribution in [2.75, 3.05) is 10.8 Å². The number of rotatable bonds is 4. The third-order valence-corrected chi connectivity index (χ3v) is 6.10. The number of halogens is 1. The van der Waals surface area contributed by atoms with Crippen LogP contribution in [0.25, 0.3) is 11.1 Å². The molecule has 0 radical (unpaired) electrons. The summed E-state index contributed by atoms with van der Waals surface area (Å²) in [6.45, 7) is 3.43. The molecule has 1 aliphatic heterocycles. The van der Waals surface area contributed by atoms with Crippen molar-refractivity contribution in [1.82, 2.24) is 5.32 Å². The third-order valence-electron chi connectivity index (χ3n) is 4.28. The van der Waals surface area contributed by atoms with E-state index in [0.717, 1.165) is 10.7 Å². The van der Waals surface area contributed by atoms with Crippen molar-refractivity contribution in [3.05, 3.63) is 48.3 Å². The summed E-state index contributed by atoms with van der Waals surface area (Å²) in [4.78, 5) is 12.3. The van der Waals surface area contributed by atoms with Gasteiger partial charge in [-0.05, 0) is 37.6 Å². The zero-order valence-electron chi connectivity index (χ0n) is 14.0. The van der Waals surface area contributed by atoms with Crippen molar-refractivity contribution >= 4 is 21.6 Å². The lowest BCUT2D eigenvalue weighted by Gasteiger charge is -2.31. The van der Waals surface area contributed by atoms with Gasteiger partial charge in [-0.25, -0.2) is 12.8 Å². The van der Waals surface area contributed by atoms with Crippen LogP contribution < -0.4 is 9.62 Å². The molecule has 1 amide bonds. The van der Waals surface area contributed by atoms with Crippen molar-refractivity contribution in [1.29, 1.82) is 0 Å². The molecule has 1 atom stereocenters. The Balaban J connectivity index is 2.09. The summed E-state index contributed by atoms with van der Waals surface area (Å²) in [6, 6.07) is 10.3. The highest BCUT2D eigenvalue weighted by molar-refractivity contribution is 7.93. The molecule has 2 aromatic rings. The Bertz CT molecular complexity index is 928. The number of fused-ring (bicyclic) bond motifs is 3. The molecule has 25 heavy (non-hydrogen) atoms. The van der Waals surface area contributed by atoms with E-state index in [2.05, 4.69) is 5.32 Å². The van der Waals surface area contributed by atoms with Gasteiger partial charge >= 0.3 is 0 Å². The van der Waals surface area contributed by atoms with Crippen LogP contribution in [0, 0.1) is 5.82 Å². The number of anilines is 1. The highest BCUT2D eigenvalue weighted by Gasteiger charge is 2.36. The minimum absolute atomic E-state index is 0.0556. The zero-order valence-corrected chi connectivity index (χ0v) is 14.8. The largest absolute Gasteiger partial charge is 0.352 e. The van der Waals surface area contributed by atoms with Gasteiger partial charge in [0.1, 0.15) is 12.4 Å². The molecule has 0 aromatic heterocycles. The molecule has 1 N–H and O–H groups in total. The number of amides is 1. The summed E-state index contributed by atoms with van der Waals surface area (Å²) >= 11 is 0. The van der Waals surface area contributed by atoms with Crippen LogP contribution in [-0.2, 0) is 14.8 Å². The lowest BCUT2D eigenvalue weighted by molar-refractivity contribution is -0.120. The summed E-state index contributed by atoms with van der Waals surface area (Å²) in [5.74, 6) is -0.857. The van der Waals surface area contributed by atoms with Gasteiger partial charge in [-0.3, -0.25) is 9.10 Å². The van der Waals surface area contributed by atoms with Gasteiger partial charge < -0.3 is 5.32 Å². The van der Waals surface area contributed by atoms with E-state index in [9.17, 15) is 17.6 Å². The zero-order chi connectivity index (χ0) is 18.2. The van der Waals surface area contributed by atoms with E-state index in [4.69, 9.17) is 0 Å². The molecule has 132 valence electrons. The van der Waals surface area contributed by atoms with Crippen LogP contribution in [0.4, 0.5) is 10.1 Å². The molecule has 2 aromatic carbocycles. The van der Waals surface area contributed by atoms with Crippen LogP contribution in [0.2, 0.25) is 0 Å². The van der Waals surface area contributed by atoms with Crippen molar-refractivity contribution in [2.24, 2.45) is 0 Å². The number of nitrogens with zero attached hydrogens (tertiary/aromatic N) is 1.